The zero-order valence-electron chi connectivity index (χ0n) is 14.2. The highest BCUT2D eigenvalue weighted by Crippen LogP contribution is 2.35. The molecule has 8 heteroatoms. The van der Waals surface area contributed by atoms with Crippen LogP contribution in [0.25, 0.3) is 0 Å². The van der Waals surface area contributed by atoms with E-state index in [0.717, 1.165) is 5.75 Å². The van der Waals surface area contributed by atoms with Gasteiger partial charge in [-0.3, -0.25) is 9.69 Å². The van der Waals surface area contributed by atoms with Crippen molar-refractivity contribution < 1.29 is 28.5 Å². The molecular weight excluding hydrogens is 350 g/mol. The summed E-state index contributed by atoms with van der Waals surface area (Å²) in [5, 5.41) is 0. The predicted molar refractivity (Wildman–Crippen MR) is 91.6 cm³/mol. The van der Waals surface area contributed by atoms with E-state index in [9.17, 15) is 9.59 Å². The molecule has 0 aromatic heterocycles. The van der Waals surface area contributed by atoms with E-state index in [4.69, 9.17) is 14.2 Å². The first-order chi connectivity index (χ1) is 11.5. The second-order valence-corrected chi connectivity index (χ2v) is 6.30. The maximum absolute atomic E-state index is 11.9. The minimum atomic E-state index is -0.840. The smallest absolute Gasteiger partial charge is 0.485 e. The number of fused-ring (bicyclic) bond motifs is 1. The monoisotopic (exact) mass is 371 g/mol. The lowest BCUT2D eigenvalue weighted by Gasteiger charge is -2.40. The Morgan fingerprint density at radius 3 is 2.80 bits per heavy atom. The predicted octanol–water partition coefficient (Wildman–Crippen LogP) is 2.06. The van der Waals surface area contributed by atoms with Crippen LogP contribution in [0.2, 0.25) is 0 Å². The molecule has 3 rings (SSSR count). The summed E-state index contributed by atoms with van der Waals surface area (Å²) >= 11 is 0. The summed E-state index contributed by atoms with van der Waals surface area (Å²) in [4.78, 5) is 25.2. The average Bonchev–Trinajstić information content (AvgIpc) is 2.57. The Balaban J connectivity index is 0.00000225. The van der Waals surface area contributed by atoms with Crippen molar-refractivity contribution in [2.24, 2.45) is 0 Å². The Hall–Kier alpha value is -1.99. The molecule has 7 nitrogen and oxygen atoms in total. The Morgan fingerprint density at radius 1 is 1.36 bits per heavy atom. The van der Waals surface area contributed by atoms with Gasteiger partial charge >= 0.3 is 6.16 Å². The standard InChI is InChI=1S/C17H21NO6.ClH/c1-17(11-22-13-5-3-4-6-14(13)24-17)10-18-8-7-12(19)15(9-18)23-16(20)21-2;/h3-6,15H,7-11H2,1-2H3;1H. The number of para-hydroxylation sites is 2. The maximum Gasteiger partial charge on any atom is 0.508 e. The van der Waals surface area contributed by atoms with Crippen molar-refractivity contribution in [3.05, 3.63) is 24.3 Å². The molecule has 2 aliphatic heterocycles. The number of ketones is 1. The molecule has 138 valence electrons. The largest absolute Gasteiger partial charge is 0.508 e. The number of piperidine rings is 1. The summed E-state index contributed by atoms with van der Waals surface area (Å²) in [5.41, 5.74) is -0.537. The van der Waals surface area contributed by atoms with Crippen LogP contribution in [0.1, 0.15) is 13.3 Å². The van der Waals surface area contributed by atoms with E-state index in [1.807, 2.05) is 36.1 Å². The Labute approximate surface area is 152 Å². The van der Waals surface area contributed by atoms with Gasteiger partial charge in [0, 0.05) is 26.1 Å². The molecule has 0 aliphatic carbocycles. The van der Waals surface area contributed by atoms with Crippen molar-refractivity contribution in [1.82, 2.24) is 4.90 Å². The molecule has 1 aromatic carbocycles. The highest BCUT2D eigenvalue weighted by Gasteiger charge is 2.38. The van der Waals surface area contributed by atoms with Crippen molar-refractivity contribution in [1.29, 1.82) is 0 Å². The molecular formula is C17H22ClNO6. The highest BCUT2D eigenvalue weighted by molar-refractivity contribution is 5.86. The number of halogens is 1. The molecule has 0 N–H and O–H groups in total. The number of ether oxygens (including phenoxy) is 4. The molecule has 0 amide bonds. The SMILES string of the molecule is COC(=O)OC1CN(CC2(C)COc3ccccc3O2)CCC1=O.Cl. The topological polar surface area (TPSA) is 74.3 Å². The molecule has 0 bridgehead atoms. The fourth-order valence-electron chi connectivity index (χ4n) is 3.00. The molecule has 1 saturated heterocycles. The van der Waals surface area contributed by atoms with Gasteiger partial charge in [-0.25, -0.2) is 4.79 Å². The summed E-state index contributed by atoms with van der Waals surface area (Å²) < 4.78 is 21.4. The van der Waals surface area contributed by atoms with Crippen molar-refractivity contribution in [3.63, 3.8) is 0 Å². The lowest BCUT2D eigenvalue weighted by molar-refractivity contribution is -0.134. The van der Waals surface area contributed by atoms with Crippen LogP contribution < -0.4 is 9.47 Å². The van der Waals surface area contributed by atoms with E-state index in [-0.39, 0.29) is 18.2 Å². The summed E-state index contributed by atoms with van der Waals surface area (Å²) in [6, 6.07) is 7.54. The summed E-state index contributed by atoms with van der Waals surface area (Å²) in [5.74, 6) is 1.35. The first-order valence-corrected chi connectivity index (χ1v) is 7.90. The van der Waals surface area contributed by atoms with Gasteiger partial charge in [-0.2, -0.15) is 0 Å². The Morgan fingerprint density at radius 2 is 2.08 bits per heavy atom. The van der Waals surface area contributed by atoms with Crippen LogP contribution in [0.3, 0.4) is 0 Å². The van der Waals surface area contributed by atoms with Gasteiger partial charge in [-0.05, 0) is 19.1 Å². The average molecular weight is 372 g/mol. The number of Topliss-reactive ketones (excluding diaryl/α,β-unsaturated/α-hetero) is 1. The van der Waals surface area contributed by atoms with Gasteiger partial charge in [0.15, 0.2) is 29.0 Å². The van der Waals surface area contributed by atoms with E-state index in [2.05, 4.69) is 4.74 Å². The number of benzene rings is 1. The van der Waals surface area contributed by atoms with Gasteiger partial charge in [0.05, 0.1) is 7.11 Å². The molecule has 2 unspecified atom stereocenters. The number of likely N-dealkylation sites (tertiary alicyclic amines) is 1. The van der Waals surface area contributed by atoms with Gasteiger partial charge in [0.1, 0.15) is 6.61 Å². The zero-order valence-corrected chi connectivity index (χ0v) is 15.0. The van der Waals surface area contributed by atoms with Gasteiger partial charge < -0.3 is 18.9 Å². The lowest BCUT2D eigenvalue weighted by atomic mass is 10.0. The van der Waals surface area contributed by atoms with Crippen LogP contribution in [0.15, 0.2) is 24.3 Å². The van der Waals surface area contributed by atoms with Crippen LogP contribution in [0, 0.1) is 0 Å². The van der Waals surface area contributed by atoms with E-state index in [0.29, 0.717) is 38.4 Å². The van der Waals surface area contributed by atoms with Crippen LogP contribution in [0.5, 0.6) is 11.5 Å². The summed E-state index contributed by atoms with van der Waals surface area (Å²) in [6.45, 7) is 3.87. The summed E-state index contributed by atoms with van der Waals surface area (Å²) in [6.07, 6.45) is -1.31. The number of hydrogen-bond donors (Lipinski definition) is 0. The number of nitrogens with zero attached hydrogens (tertiary/aromatic N) is 1. The first kappa shape index (κ1) is 19.3. The number of methoxy groups -OCH3 is 1. The van der Waals surface area contributed by atoms with Gasteiger partial charge in [-0.1, -0.05) is 12.1 Å². The van der Waals surface area contributed by atoms with Crippen molar-refractivity contribution >= 4 is 24.3 Å². The number of rotatable bonds is 3. The van der Waals surface area contributed by atoms with E-state index in [1.54, 1.807) is 0 Å². The lowest BCUT2D eigenvalue weighted by Crippen LogP contribution is -2.55. The van der Waals surface area contributed by atoms with Crippen molar-refractivity contribution in [2.75, 3.05) is 33.4 Å². The van der Waals surface area contributed by atoms with Crippen molar-refractivity contribution in [2.45, 2.75) is 25.0 Å². The fourth-order valence-corrected chi connectivity index (χ4v) is 3.00. The van der Waals surface area contributed by atoms with Gasteiger partial charge in [-0.15, -0.1) is 12.4 Å². The second-order valence-electron chi connectivity index (χ2n) is 6.30. The number of carbonyl (C=O) groups is 2. The fraction of sp³-hybridized carbons (Fsp3) is 0.529. The maximum atomic E-state index is 11.9. The minimum Gasteiger partial charge on any atom is -0.485 e. The van der Waals surface area contributed by atoms with E-state index >= 15 is 0 Å². The summed E-state index contributed by atoms with van der Waals surface area (Å²) in [7, 11) is 1.22. The Bertz CT molecular complexity index is 639. The Kier molecular flexibility index (Phi) is 6.13. The third-order valence-electron chi connectivity index (χ3n) is 4.16. The van der Waals surface area contributed by atoms with Crippen LogP contribution in [-0.4, -0.2) is 61.9 Å². The molecule has 25 heavy (non-hydrogen) atoms. The number of hydrogen-bond acceptors (Lipinski definition) is 7. The normalized spacial score (nSPS) is 25.7. The zero-order chi connectivity index (χ0) is 17.2. The quantitative estimate of drug-likeness (QED) is 0.753. The first-order valence-electron chi connectivity index (χ1n) is 7.90. The van der Waals surface area contributed by atoms with Crippen molar-refractivity contribution in [3.8, 4) is 11.5 Å². The molecule has 0 spiro atoms. The molecule has 2 heterocycles. The third kappa shape index (κ3) is 4.55. The number of carbonyl (C=O) groups excluding carboxylic acids is 2. The van der Waals surface area contributed by atoms with Crippen LogP contribution >= 0.6 is 12.4 Å². The van der Waals surface area contributed by atoms with Crippen LogP contribution in [0.4, 0.5) is 4.79 Å². The van der Waals surface area contributed by atoms with Gasteiger partial charge in [0.2, 0.25) is 0 Å². The molecule has 1 aromatic rings. The van der Waals surface area contributed by atoms with Gasteiger partial charge in [0.25, 0.3) is 0 Å². The van der Waals surface area contributed by atoms with Crippen LogP contribution in [-0.2, 0) is 14.3 Å². The molecule has 0 saturated carbocycles. The third-order valence-corrected chi connectivity index (χ3v) is 4.16. The highest BCUT2D eigenvalue weighted by atomic mass is 35.5. The minimum absolute atomic E-state index is 0. The van der Waals surface area contributed by atoms with E-state index < -0.39 is 17.9 Å². The molecule has 0 radical (unpaired) electrons. The van der Waals surface area contributed by atoms with E-state index in [1.165, 1.54) is 7.11 Å². The second kappa shape index (κ2) is 7.93. The molecule has 2 atom stereocenters. The molecule has 1 fully saturated rings. The molecule has 2 aliphatic rings.